The highest BCUT2D eigenvalue weighted by Gasteiger charge is 2.27. The fraction of sp³-hybridized carbons (Fsp3) is 0.350. The molecule has 0 bridgehead atoms. The third-order valence-electron chi connectivity index (χ3n) is 4.65. The first kappa shape index (κ1) is 21.6. The molecule has 0 spiro atoms. The molecule has 0 atom stereocenters. The summed E-state index contributed by atoms with van der Waals surface area (Å²) in [5.41, 5.74) is 1.18. The highest BCUT2D eigenvalue weighted by molar-refractivity contribution is 7.89. The van der Waals surface area contributed by atoms with E-state index < -0.39 is 15.9 Å². The molecule has 2 aromatic carbocycles. The summed E-state index contributed by atoms with van der Waals surface area (Å²) in [6.45, 7) is 1.67. The van der Waals surface area contributed by atoms with Gasteiger partial charge < -0.3 is 14.8 Å². The Morgan fingerprint density at radius 3 is 2.52 bits per heavy atom. The summed E-state index contributed by atoms with van der Waals surface area (Å²) in [6, 6.07) is 11.7. The van der Waals surface area contributed by atoms with Crippen molar-refractivity contribution in [3.63, 3.8) is 0 Å². The lowest BCUT2D eigenvalue weighted by atomic mass is 10.1. The standard InChI is InChI=1S/C20H23ClN2O5S/c1-27-16-4-2-15(3-5-16)8-9-22-20(24)18-14-17(6-7-19(18)21)29(25,26)23-10-12-28-13-11-23/h2-7,14H,8-13H2,1H3,(H,22,24). The van der Waals surface area contributed by atoms with Gasteiger partial charge in [-0.2, -0.15) is 4.31 Å². The summed E-state index contributed by atoms with van der Waals surface area (Å²) in [7, 11) is -2.10. The molecule has 156 valence electrons. The van der Waals surface area contributed by atoms with Crippen molar-refractivity contribution in [2.75, 3.05) is 40.0 Å². The van der Waals surface area contributed by atoms with Crippen LogP contribution in [0.15, 0.2) is 47.4 Å². The van der Waals surface area contributed by atoms with Crippen molar-refractivity contribution < 1.29 is 22.7 Å². The molecule has 1 N–H and O–H groups in total. The normalized spacial score (nSPS) is 15.1. The van der Waals surface area contributed by atoms with Gasteiger partial charge in [-0.1, -0.05) is 23.7 Å². The minimum atomic E-state index is -3.70. The molecule has 1 saturated heterocycles. The average molecular weight is 439 g/mol. The molecule has 0 unspecified atom stereocenters. The maximum absolute atomic E-state index is 12.8. The molecule has 1 aliphatic rings. The van der Waals surface area contributed by atoms with E-state index in [0.29, 0.717) is 26.2 Å². The number of rotatable bonds is 7. The van der Waals surface area contributed by atoms with Gasteiger partial charge in [-0.25, -0.2) is 8.42 Å². The second-order valence-corrected chi connectivity index (χ2v) is 8.86. The fourth-order valence-electron chi connectivity index (χ4n) is 2.98. The predicted octanol–water partition coefficient (Wildman–Crippen LogP) is 2.34. The Hall–Kier alpha value is -2.13. The van der Waals surface area contributed by atoms with Crippen LogP contribution < -0.4 is 10.1 Å². The lowest BCUT2D eigenvalue weighted by Gasteiger charge is -2.26. The van der Waals surface area contributed by atoms with Gasteiger partial charge in [-0.3, -0.25) is 4.79 Å². The third-order valence-corrected chi connectivity index (χ3v) is 6.87. The number of sulfonamides is 1. The Bertz CT molecular complexity index is 957. The minimum Gasteiger partial charge on any atom is -0.497 e. The minimum absolute atomic E-state index is 0.0455. The average Bonchev–Trinajstić information content (AvgIpc) is 2.75. The first-order valence-corrected chi connectivity index (χ1v) is 11.0. The second kappa shape index (κ2) is 9.58. The Morgan fingerprint density at radius 1 is 1.17 bits per heavy atom. The van der Waals surface area contributed by atoms with Gasteiger partial charge in [0, 0.05) is 19.6 Å². The van der Waals surface area contributed by atoms with Crippen molar-refractivity contribution in [1.82, 2.24) is 9.62 Å². The molecule has 0 radical (unpaired) electrons. The number of ether oxygens (including phenoxy) is 2. The first-order chi connectivity index (χ1) is 13.9. The zero-order valence-corrected chi connectivity index (χ0v) is 17.6. The number of carbonyl (C=O) groups is 1. The summed E-state index contributed by atoms with van der Waals surface area (Å²) in [5.74, 6) is 0.352. The van der Waals surface area contributed by atoms with Crippen molar-refractivity contribution in [3.8, 4) is 5.75 Å². The largest absolute Gasteiger partial charge is 0.497 e. The zero-order valence-electron chi connectivity index (χ0n) is 16.1. The molecular formula is C20H23ClN2O5S. The van der Waals surface area contributed by atoms with Gasteiger partial charge in [0.2, 0.25) is 10.0 Å². The summed E-state index contributed by atoms with van der Waals surface area (Å²) < 4.78 is 37.3. The number of hydrogen-bond donors (Lipinski definition) is 1. The van der Waals surface area contributed by atoms with Crippen LogP contribution in [-0.4, -0.2) is 58.6 Å². The molecule has 3 rings (SSSR count). The van der Waals surface area contributed by atoms with Crippen LogP contribution in [0.2, 0.25) is 5.02 Å². The van der Waals surface area contributed by atoms with Crippen LogP contribution in [0.1, 0.15) is 15.9 Å². The lowest BCUT2D eigenvalue weighted by molar-refractivity contribution is 0.0730. The number of amides is 1. The topological polar surface area (TPSA) is 84.9 Å². The van der Waals surface area contributed by atoms with Crippen LogP contribution in [-0.2, 0) is 21.2 Å². The summed E-state index contributed by atoms with van der Waals surface area (Å²) in [6.07, 6.45) is 0.624. The summed E-state index contributed by atoms with van der Waals surface area (Å²) >= 11 is 6.15. The van der Waals surface area contributed by atoms with Crippen LogP contribution in [0.3, 0.4) is 0 Å². The van der Waals surface area contributed by atoms with Crippen LogP contribution in [0, 0.1) is 0 Å². The van der Waals surface area contributed by atoms with Crippen molar-refractivity contribution in [3.05, 3.63) is 58.6 Å². The maximum atomic E-state index is 12.8. The molecule has 0 saturated carbocycles. The van der Waals surface area contributed by atoms with Crippen LogP contribution in [0.4, 0.5) is 0 Å². The van der Waals surface area contributed by atoms with Gasteiger partial charge in [0.05, 0.1) is 35.8 Å². The van der Waals surface area contributed by atoms with Gasteiger partial charge >= 0.3 is 0 Å². The van der Waals surface area contributed by atoms with Gasteiger partial charge in [0.15, 0.2) is 0 Å². The van der Waals surface area contributed by atoms with E-state index in [0.717, 1.165) is 11.3 Å². The van der Waals surface area contributed by atoms with Crippen molar-refractivity contribution in [2.45, 2.75) is 11.3 Å². The highest BCUT2D eigenvalue weighted by atomic mass is 35.5. The van der Waals surface area contributed by atoms with E-state index in [1.54, 1.807) is 7.11 Å². The number of nitrogens with zero attached hydrogens (tertiary/aromatic N) is 1. The Kier molecular flexibility index (Phi) is 7.13. The molecule has 1 fully saturated rings. The molecule has 0 aliphatic carbocycles. The van der Waals surface area contributed by atoms with E-state index in [1.165, 1.54) is 22.5 Å². The van der Waals surface area contributed by atoms with E-state index in [-0.39, 0.29) is 28.6 Å². The second-order valence-electron chi connectivity index (χ2n) is 6.51. The Morgan fingerprint density at radius 2 is 1.86 bits per heavy atom. The molecule has 1 aliphatic heterocycles. The molecule has 2 aromatic rings. The number of nitrogens with one attached hydrogen (secondary N) is 1. The number of benzene rings is 2. The van der Waals surface area contributed by atoms with E-state index in [1.807, 2.05) is 24.3 Å². The van der Waals surface area contributed by atoms with E-state index >= 15 is 0 Å². The maximum Gasteiger partial charge on any atom is 0.252 e. The van der Waals surface area contributed by atoms with Crippen molar-refractivity contribution in [1.29, 1.82) is 0 Å². The third kappa shape index (κ3) is 5.27. The highest BCUT2D eigenvalue weighted by Crippen LogP contribution is 2.23. The molecule has 9 heteroatoms. The van der Waals surface area contributed by atoms with E-state index in [2.05, 4.69) is 5.32 Å². The van der Waals surface area contributed by atoms with Gasteiger partial charge in [-0.05, 0) is 42.3 Å². The van der Waals surface area contributed by atoms with Crippen molar-refractivity contribution >= 4 is 27.5 Å². The van der Waals surface area contributed by atoms with Crippen LogP contribution in [0.5, 0.6) is 5.75 Å². The summed E-state index contributed by atoms with van der Waals surface area (Å²) in [4.78, 5) is 12.6. The zero-order chi connectivity index (χ0) is 20.9. The van der Waals surface area contributed by atoms with Gasteiger partial charge in [0.25, 0.3) is 5.91 Å². The molecule has 1 amide bonds. The molecule has 1 heterocycles. The molecule has 7 nitrogen and oxygen atoms in total. The van der Waals surface area contributed by atoms with Crippen LogP contribution in [0.25, 0.3) is 0 Å². The Balaban J connectivity index is 1.67. The van der Waals surface area contributed by atoms with E-state index in [4.69, 9.17) is 21.1 Å². The summed E-state index contributed by atoms with van der Waals surface area (Å²) in [5, 5.41) is 2.99. The first-order valence-electron chi connectivity index (χ1n) is 9.20. The van der Waals surface area contributed by atoms with E-state index in [9.17, 15) is 13.2 Å². The number of carbonyl (C=O) groups excluding carboxylic acids is 1. The van der Waals surface area contributed by atoms with Gasteiger partial charge in [-0.15, -0.1) is 0 Å². The number of morpholine rings is 1. The molecule has 29 heavy (non-hydrogen) atoms. The van der Waals surface area contributed by atoms with Crippen molar-refractivity contribution in [2.24, 2.45) is 0 Å². The molecular weight excluding hydrogens is 416 g/mol. The number of halogens is 1. The lowest BCUT2D eigenvalue weighted by Crippen LogP contribution is -2.40. The van der Waals surface area contributed by atoms with Gasteiger partial charge in [0.1, 0.15) is 5.75 Å². The quantitative estimate of drug-likeness (QED) is 0.717. The smallest absolute Gasteiger partial charge is 0.252 e. The monoisotopic (exact) mass is 438 g/mol. The Labute approximate surface area is 175 Å². The number of methoxy groups -OCH3 is 1. The number of hydrogen-bond acceptors (Lipinski definition) is 5. The predicted molar refractivity (Wildman–Crippen MR) is 110 cm³/mol. The van der Waals surface area contributed by atoms with Crippen LogP contribution >= 0.6 is 11.6 Å². The SMILES string of the molecule is COc1ccc(CCNC(=O)c2cc(S(=O)(=O)N3CCOCC3)ccc2Cl)cc1. The molecule has 0 aromatic heterocycles. The fourth-order valence-corrected chi connectivity index (χ4v) is 4.62.